The normalized spacial score (nSPS) is 10.9. The Morgan fingerprint density at radius 2 is 2.11 bits per heavy atom. The van der Waals surface area contributed by atoms with Crippen LogP contribution in [0.2, 0.25) is 0 Å². The predicted molar refractivity (Wildman–Crippen MR) is 71.9 cm³/mol. The van der Waals surface area contributed by atoms with Crippen molar-refractivity contribution < 1.29 is 9.26 Å². The topological polar surface area (TPSA) is 74.2 Å². The highest BCUT2D eigenvalue weighted by Gasteiger charge is 2.10. The summed E-state index contributed by atoms with van der Waals surface area (Å²) in [6.45, 7) is 4.92. The first kappa shape index (κ1) is 13.5. The fourth-order valence-electron chi connectivity index (χ4n) is 1.71. The Morgan fingerprint density at radius 3 is 2.79 bits per heavy atom. The standard InChI is InChI=1S/C14H19N3O2/c1-10(2)14-16-13(17-19-14)9-18-12-6-4-3-5-11(12)7-8-15/h3-6,10H,7-9,15H2,1-2H3. The second-order valence-corrected chi connectivity index (χ2v) is 4.64. The molecule has 5 heteroatoms. The summed E-state index contributed by atoms with van der Waals surface area (Å²) in [4.78, 5) is 4.27. The van der Waals surface area contributed by atoms with Gasteiger partial charge in [0, 0.05) is 5.92 Å². The molecule has 1 heterocycles. The van der Waals surface area contributed by atoms with E-state index >= 15 is 0 Å². The van der Waals surface area contributed by atoms with E-state index in [0.29, 0.717) is 24.9 Å². The molecule has 2 rings (SSSR count). The van der Waals surface area contributed by atoms with Gasteiger partial charge in [0.05, 0.1) is 0 Å². The Kier molecular flexibility index (Phi) is 4.52. The van der Waals surface area contributed by atoms with E-state index < -0.39 is 0 Å². The van der Waals surface area contributed by atoms with E-state index in [1.54, 1.807) is 0 Å². The zero-order valence-electron chi connectivity index (χ0n) is 11.3. The van der Waals surface area contributed by atoms with Crippen molar-refractivity contribution in [2.24, 2.45) is 5.73 Å². The lowest BCUT2D eigenvalue weighted by Crippen LogP contribution is -2.06. The van der Waals surface area contributed by atoms with Crippen molar-refractivity contribution in [1.82, 2.24) is 10.1 Å². The van der Waals surface area contributed by atoms with E-state index in [1.165, 1.54) is 0 Å². The summed E-state index contributed by atoms with van der Waals surface area (Å²) < 4.78 is 10.9. The summed E-state index contributed by atoms with van der Waals surface area (Å²) in [6, 6.07) is 7.85. The Bertz CT molecular complexity index is 523. The van der Waals surface area contributed by atoms with Crippen LogP contribution in [0.25, 0.3) is 0 Å². The van der Waals surface area contributed by atoms with Gasteiger partial charge in [0.1, 0.15) is 5.75 Å². The number of aromatic nitrogens is 2. The predicted octanol–water partition coefficient (Wildman–Crippen LogP) is 2.27. The van der Waals surface area contributed by atoms with Crippen molar-refractivity contribution in [2.75, 3.05) is 6.54 Å². The number of para-hydroxylation sites is 1. The maximum Gasteiger partial charge on any atom is 0.229 e. The third-order valence-electron chi connectivity index (χ3n) is 2.72. The Balaban J connectivity index is 2.01. The number of hydrogen-bond donors (Lipinski definition) is 1. The first-order chi connectivity index (χ1) is 9.20. The van der Waals surface area contributed by atoms with E-state index in [-0.39, 0.29) is 5.92 Å². The van der Waals surface area contributed by atoms with E-state index in [4.69, 9.17) is 15.0 Å². The van der Waals surface area contributed by atoms with Crippen LogP contribution in [0, 0.1) is 0 Å². The number of ether oxygens (including phenoxy) is 1. The Labute approximate surface area is 112 Å². The fourth-order valence-corrected chi connectivity index (χ4v) is 1.71. The molecular weight excluding hydrogens is 242 g/mol. The average Bonchev–Trinajstić information content (AvgIpc) is 2.87. The van der Waals surface area contributed by atoms with Crippen LogP contribution in [0.3, 0.4) is 0 Å². The lowest BCUT2D eigenvalue weighted by molar-refractivity contribution is 0.282. The second kappa shape index (κ2) is 6.33. The maximum atomic E-state index is 5.73. The lowest BCUT2D eigenvalue weighted by Gasteiger charge is -2.08. The van der Waals surface area contributed by atoms with Crippen molar-refractivity contribution in [1.29, 1.82) is 0 Å². The van der Waals surface area contributed by atoms with Crippen molar-refractivity contribution >= 4 is 0 Å². The molecule has 1 aromatic carbocycles. The fraction of sp³-hybridized carbons (Fsp3) is 0.429. The summed E-state index contributed by atoms with van der Waals surface area (Å²) >= 11 is 0. The molecule has 0 amide bonds. The van der Waals surface area contributed by atoms with E-state index in [2.05, 4.69) is 10.1 Å². The largest absolute Gasteiger partial charge is 0.485 e. The molecule has 0 aliphatic rings. The summed E-state index contributed by atoms with van der Waals surface area (Å²) in [6.07, 6.45) is 0.791. The minimum absolute atomic E-state index is 0.228. The van der Waals surface area contributed by atoms with Gasteiger partial charge >= 0.3 is 0 Å². The molecule has 0 fully saturated rings. The van der Waals surface area contributed by atoms with Gasteiger partial charge in [-0.2, -0.15) is 4.98 Å². The molecule has 0 saturated heterocycles. The molecule has 0 spiro atoms. The monoisotopic (exact) mass is 261 g/mol. The van der Waals surface area contributed by atoms with E-state index in [1.807, 2.05) is 38.1 Å². The van der Waals surface area contributed by atoms with E-state index in [0.717, 1.165) is 17.7 Å². The second-order valence-electron chi connectivity index (χ2n) is 4.64. The molecule has 0 saturated carbocycles. The molecule has 0 bridgehead atoms. The van der Waals surface area contributed by atoms with Crippen molar-refractivity contribution in [3.63, 3.8) is 0 Å². The van der Waals surface area contributed by atoms with Crippen molar-refractivity contribution in [3.05, 3.63) is 41.5 Å². The van der Waals surface area contributed by atoms with Crippen LogP contribution in [0.5, 0.6) is 5.75 Å². The molecule has 1 aromatic heterocycles. The highest BCUT2D eigenvalue weighted by atomic mass is 16.5. The molecule has 0 aliphatic carbocycles. The molecule has 5 nitrogen and oxygen atoms in total. The first-order valence-corrected chi connectivity index (χ1v) is 6.44. The Morgan fingerprint density at radius 1 is 1.32 bits per heavy atom. The van der Waals surface area contributed by atoms with E-state index in [9.17, 15) is 0 Å². The summed E-state index contributed by atoms with van der Waals surface area (Å²) in [5.74, 6) is 2.25. The summed E-state index contributed by atoms with van der Waals surface area (Å²) in [7, 11) is 0. The van der Waals surface area contributed by atoms with Crippen LogP contribution >= 0.6 is 0 Å². The van der Waals surface area contributed by atoms with Gasteiger partial charge in [-0.05, 0) is 24.6 Å². The van der Waals surface area contributed by atoms with Crippen LogP contribution in [0.1, 0.15) is 37.0 Å². The average molecular weight is 261 g/mol. The van der Waals surface area contributed by atoms with Gasteiger partial charge < -0.3 is 15.0 Å². The molecule has 0 radical (unpaired) electrons. The van der Waals surface area contributed by atoms with Crippen LogP contribution in [-0.4, -0.2) is 16.7 Å². The SMILES string of the molecule is CC(C)c1nc(COc2ccccc2CCN)no1. The molecule has 102 valence electrons. The number of nitrogens with two attached hydrogens (primary N) is 1. The van der Waals surface area contributed by atoms with Crippen LogP contribution in [0.4, 0.5) is 0 Å². The maximum absolute atomic E-state index is 5.73. The quantitative estimate of drug-likeness (QED) is 0.863. The smallest absolute Gasteiger partial charge is 0.229 e. The van der Waals surface area contributed by atoms with Crippen LogP contribution in [-0.2, 0) is 13.0 Å². The van der Waals surface area contributed by atoms with Gasteiger partial charge in [-0.25, -0.2) is 0 Å². The number of benzene rings is 1. The van der Waals surface area contributed by atoms with Gasteiger partial charge in [-0.15, -0.1) is 0 Å². The van der Waals surface area contributed by atoms with Gasteiger partial charge in [0.25, 0.3) is 0 Å². The molecule has 2 N–H and O–H groups in total. The zero-order valence-corrected chi connectivity index (χ0v) is 11.3. The zero-order chi connectivity index (χ0) is 13.7. The van der Waals surface area contributed by atoms with Gasteiger partial charge in [0.2, 0.25) is 11.7 Å². The molecule has 0 aliphatic heterocycles. The minimum Gasteiger partial charge on any atom is -0.485 e. The van der Waals surface area contributed by atoms with Crippen LogP contribution < -0.4 is 10.5 Å². The third kappa shape index (κ3) is 3.54. The van der Waals surface area contributed by atoms with Gasteiger partial charge in [0.15, 0.2) is 6.61 Å². The van der Waals surface area contributed by atoms with Crippen molar-refractivity contribution in [3.8, 4) is 5.75 Å². The molecule has 2 aromatic rings. The Hall–Kier alpha value is -1.88. The summed E-state index contributed by atoms with van der Waals surface area (Å²) in [5, 5.41) is 3.89. The molecule has 19 heavy (non-hydrogen) atoms. The first-order valence-electron chi connectivity index (χ1n) is 6.44. The van der Waals surface area contributed by atoms with Gasteiger partial charge in [-0.1, -0.05) is 37.2 Å². The molecule has 0 unspecified atom stereocenters. The highest BCUT2D eigenvalue weighted by Crippen LogP contribution is 2.19. The van der Waals surface area contributed by atoms with Crippen molar-refractivity contribution in [2.45, 2.75) is 32.8 Å². The molecule has 0 atom stereocenters. The molecular formula is C14H19N3O2. The summed E-state index contributed by atoms with van der Waals surface area (Å²) in [5.41, 5.74) is 6.67. The highest BCUT2D eigenvalue weighted by molar-refractivity contribution is 5.33. The third-order valence-corrected chi connectivity index (χ3v) is 2.72. The number of nitrogens with zero attached hydrogens (tertiary/aromatic N) is 2. The van der Waals surface area contributed by atoms with Gasteiger partial charge in [-0.3, -0.25) is 0 Å². The number of hydrogen-bond acceptors (Lipinski definition) is 5. The number of rotatable bonds is 6. The lowest BCUT2D eigenvalue weighted by atomic mass is 10.1. The minimum atomic E-state index is 0.228. The van der Waals surface area contributed by atoms with Crippen LogP contribution in [0.15, 0.2) is 28.8 Å².